The maximum atomic E-state index is 12.3. The smallest absolute Gasteiger partial charge is 0.179 e. The van der Waals surface area contributed by atoms with Crippen molar-refractivity contribution in [1.29, 1.82) is 0 Å². The Morgan fingerprint density at radius 1 is 1.24 bits per heavy atom. The fourth-order valence-electron chi connectivity index (χ4n) is 2.09. The van der Waals surface area contributed by atoms with Gasteiger partial charge < -0.3 is 0 Å². The van der Waals surface area contributed by atoms with Gasteiger partial charge in [-0.2, -0.15) is 0 Å². The van der Waals surface area contributed by atoms with Crippen LogP contribution < -0.4 is 0 Å². The predicted octanol–water partition coefficient (Wildman–Crippen LogP) is 3.64. The molecular weight excluding hydrogens is 234 g/mol. The number of halogens is 1. The number of rotatable bonds is 5. The van der Waals surface area contributed by atoms with E-state index in [9.17, 15) is 4.79 Å². The van der Waals surface area contributed by atoms with Gasteiger partial charge in [0, 0.05) is 16.6 Å². The summed E-state index contributed by atoms with van der Waals surface area (Å²) in [5.74, 6) is 0.150. The van der Waals surface area contributed by atoms with Gasteiger partial charge in [0.15, 0.2) is 5.78 Å². The molecule has 0 saturated heterocycles. The fraction of sp³-hybridized carbons (Fsp3) is 0.500. The van der Waals surface area contributed by atoms with Crippen molar-refractivity contribution in [2.45, 2.75) is 39.8 Å². The van der Waals surface area contributed by atoms with Crippen molar-refractivity contribution >= 4 is 17.4 Å². The zero-order valence-electron chi connectivity index (χ0n) is 10.9. The van der Waals surface area contributed by atoms with Gasteiger partial charge in [-0.1, -0.05) is 18.5 Å². The van der Waals surface area contributed by atoms with Crippen molar-refractivity contribution in [3.8, 4) is 0 Å². The fourth-order valence-corrected chi connectivity index (χ4v) is 2.22. The highest BCUT2D eigenvalue weighted by atomic mass is 35.5. The van der Waals surface area contributed by atoms with E-state index >= 15 is 0 Å². The second-order valence-corrected chi connectivity index (χ2v) is 4.91. The molecule has 0 saturated carbocycles. The standard InChI is InChI=1S/C14H20ClNO/c1-5-16(10(2)3)11(4)14(17)12-6-8-13(15)9-7-12/h6-11H,5H2,1-4H3. The first kappa shape index (κ1) is 14.2. The summed E-state index contributed by atoms with van der Waals surface area (Å²) >= 11 is 5.81. The lowest BCUT2D eigenvalue weighted by Gasteiger charge is -2.30. The number of hydrogen-bond acceptors (Lipinski definition) is 2. The Labute approximate surface area is 109 Å². The molecule has 0 aliphatic rings. The minimum atomic E-state index is -0.0961. The first-order chi connectivity index (χ1) is 7.97. The molecule has 94 valence electrons. The number of nitrogens with zero attached hydrogens (tertiary/aromatic N) is 1. The van der Waals surface area contributed by atoms with Crippen molar-refractivity contribution in [2.75, 3.05) is 6.54 Å². The lowest BCUT2D eigenvalue weighted by Crippen LogP contribution is -2.43. The van der Waals surface area contributed by atoms with Gasteiger partial charge in [0.1, 0.15) is 0 Å². The molecule has 0 aromatic heterocycles. The van der Waals surface area contributed by atoms with Crippen LogP contribution in [0, 0.1) is 0 Å². The van der Waals surface area contributed by atoms with Crippen LogP contribution >= 0.6 is 11.6 Å². The molecule has 0 heterocycles. The van der Waals surface area contributed by atoms with E-state index in [0.29, 0.717) is 11.1 Å². The summed E-state index contributed by atoms with van der Waals surface area (Å²) in [6.07, 6.45) is 0. The number of carbonyl (C=O) groups is 1. The minimum absolute atomic E-state index is 0.0961. The first-order valence-corrected chi connectivity index (χ1v) is 6.40. The second kappa shape index (κ2) is 6.18. The Balaban J connectivity index is 2.85. The molecule has 0 amide bonds. The van der Waals surface area contributed by atoms with E-state index in [0.717, 1.165) is 12.1 Å². The summed E-state index contributed by atoms with van der Waals surface area (Å²) in [6.45, 7) is 9.12. The van der Waals surface area contributed by atoms with Crippen molar-refractivity contribution < 1.29 is 4.79 Å². The highest BCUT2D eigenvalue weighted by molar-refractivity contribution is 6.30. The normalized spacial score (nSPS) is 13.1. The molecule has 1 atom stereocenters. The number of benzene rings is 1. The Morgan fingerprint density at radius 3 is 2.18 bits per heavy atom. The van der Waals surface area contributed by atoms with E-state index in [1.807, 2.05) is 6.92 Å². The third kappa shape index (κ3) is 3.55. The monoisotopic (exact) mass is 253 g/mol. The number of likely N-dealkylation sites (N-methyl/N-ethyl adjacent to an activating group) is 1. The highest BCUT2D eigenvalue weighted by Crippen LogP contribution is 2.14. The molecule has 0 spiro atoms. The summed E-state index contributed by atoms with van der Waals surface area (Å²) < 4.78 is 0. The lowest BCUT2D eigenvalue weighted by molar-refractivity contribution is 0.0800. The average molecular weight is 254 g/mol. The molecule has 0 aliphatic carbocycles. The summed E-state index contributed by atoms with van der Waals surface area (Å²) in [5, 5.41) is 0.658. The first-order valence-electron chi connectivity index (χ1n) is 6.02. The molecule has 0 fully saturated rings. The topological polar surface area (TPSA) is 20.3 Å². The van der Waals surface area contributed by atoms with Crippen molar-refractivity contribution in [3.63, 3.8) is 0 Å². The van der Waals surface area contributed by atoms with Crippen LogP contribution in [0.4, 0.5) is 0 Å². The molecule has 0 N–H and O–H groups in total. The molecule has 0 radical (unpaired) electrons. The van der Waals surface area contributed by atoms with Gasteiger partial charge >= 0.3 is 0 Å². The maximum absolute atomic E-state index is 12.3. The van der Waals surface area contributed by atoms with Crippen LogP contribution in [0.3, 0.4) is 0 Å². The van der Waals surface area contributed by atoms with Gasteiger partial charge in [0.05, 0.1) is 6.04 Å². The van der Waals surface area contributed by atoms with E-state index < -0.39 is 0 Å². The van der Waals surface area contributed by atoms with Gasteiger partial charge in [-0.15, -0.1) is 0 Å². The Morgan fingerprint density at radius 2 is 1.76 bits per heavy atom. The van der Waals surface area contributed by atoms with Gasteiger partial charge in [-0.3, -0.25) is 9.69 Å². The Kier molecular flexibility index (Phi) is 5.16. The van der Waals surface area contributed by atoms with Crippen molar-refractivity contribution in [2.24, 2.45) is 0 Å². The van der Waals surface area contributed by atoms with Gasteiger partial charge in [0.25, 0.3) is 0 Å². The molecule has 2 nitrogen and oxygen atoms in total. The molecule has 17 heavy (non-hydrogen) atoms. The largest absolute Gasteiger partial charge is 0.292 e. The van der Waals surface area contributed by atoms with Crippen LogP contribution in [0.2, 0.25) is 5.02 Å². The quantitative estimate of drug-likeness (QED) is 0.747. The molecule has 3 heteroatoms. The molecule has 1 aromatic carbocycles. The summed E-state index contributed by atoms with van der Waals surface area (Å²) in [6, 6.07) is 7.36. The third-order valence-electron chi connectivity index (χ3n) is 3.03. The lowest BCUT2D eigenvalue weighted by atomic mass is 10.0. The summed E-state index contributed by atoms with van der Waals surface area (Å²) in [7, 11) is 0. The van der Waals surface area contributed by atoms with E-state index in [1.54, 1.807) is 24.3 Å². The van der Waals surface area contributed by atoms with Gasteiger partial charge in [-0.25, -0.2) is 0 Å². The summed E-state index contributed by atoms with van der Waals surface area (Å²) in [4.78, 5) is 14.5. The Bertz CT molecular complexity index is 372. The molecule has 1 unspecified atom stereocenters. The van der Waals surface area contributed by atoms with Crippen molar-refractivity contribution in [1.82, 2.24) is 4.90 Å². The van der Waals surface area contributed by atoms with E-state index in [2.05, 4.69) is 25.7 Å². The van der Waals surface area contributed by atoms with Crippen LogP contribution in [-0.4, -0.2) is 29.3 Å². The van der Waals surface area contributed by atoms with Crippen LogP contribution in [0.1, 0.15) is 38.1 Å². The van der Waals surface area contributed by atoms with Crippen LogP contribution in [0.15, 0.2) is 24.3 Å². The number of Topliss-reactive ketones (excluding diaryl/α,β-unsaturated/α-hetero) is 1. The molecular formula is C14H20ClNO. The third-order valence-corrected chi connectivity index (χ3v) is 3.29. The number of hydrogen-bond donors (Lipinski definition) is 0. The minimum Gasteiger partial charge on any atom is -0.292 e. The maximum Gasteiger partial charge on any atom is 0.179 e. The van der Waals surface area contributed by atoms with E-state index in [4.69, 9.17) is 11.6 Å². The Hall–Kier alpha value is -0.860. The number of carbonyl (C=O) groups excluding carboxylic acids is 1. The van der Waals surface area contributed by atoms with Crippen LogP contribution in [-0.2, 0) is 0 Å². The van der Waals surface area contributed by atoms with Crippen LogP contribution in [0.25, 0.3) is 0 Å². The van der Waals surface area contributed by atoms with Gasteiger partial charge in [0.2, 0.25) is 0 Å². The number of ketones is 1. The zero-order valence-corrected chi connectivity index (χ0v) is 11.7. The van der Waals surface area contributed by atoms with Crippen molar-refractivity contribution in [3.05, 3.63) is 34.9 Å². The predicted molar refractivity (Wildman–Crippen MR) is 72.8 cm³/mol. The highest BCUT2D eigenvalue weighted by Gasteiger charge is 2.22. The molecule has 0 aliphatic heterocycles. The SMILES string of the molecule is CCN(C(C)C)C(C)C(=O)c1ccc(Cl)cc1. The molecule has 1 rings (SSSR count). The average Bonchev–Trinajstić information content (AvgIpc) is 2.29. The zero-order chi connectivity index (χ0) is 13.0. The molecule has 0 bridgehead atoms. The molecule has 1 aromatic rings. The van der Waals surface area contributed by atoms with E-state index in [1.165, 1.54) is 0 Å². The van der Waals surface area contributed by atoms with E-state index in [-0.39, 0.29) is 11.8 Å². The van der Waals surface area contributed by atoms with Gasteiger partial charge in [-0.05, 0) is 51.6 Å². The second-order valence-electron chi connectivity index (χ2n) is 4.47. The van der Waals surface area contributed by atoms with Crippen LogP contribution in [0.5, 0.6) is 0 Å². The summed E-state index contributed by atoms with van der Waals surface area (Å²) in [5.41, 5.74) is 0.723.